The fraction of sp³-hybridized carbons (Fsp3) is 0.769. The Kier molecular flexibility index (Phi) is 3.72. The average Bonchev–Trinajstić information content (AvgIpc) is 2.58. The van der Waals surface area contributed by atoms with Gasteiger partial charge in [0, 0.05) is 12.6 Å². The molecule has 1 saturated heterocycles. The first kappa shape index (κ1) is 12.4. The van der Waals surface area contributed by atoms with Crippen LogP contribution in [0.2, 0.25) is 0 Å². The Morgan fingerprint density at radius 1 is 1.41 bits per heavy atom. The molecule has 0 amide bonds. The number of rotatable bonds is 3. The normalized spacial score (nSPS) is 20.9. The molecule has 0 spiro atoms. The van der Waals surface area contributed by atoms with Crippen LogP contribution in [-0.4, -0.2) is 29.0 Å². The van der Waals surface area contributed by atoms with E-state index in [0.717, 1.165) is 36.6 Å². The first-order chi connectivity index (χ1) is 8.09. The molecule has 17 heavy (non-hydrogen) atoms. The van der Waals surface area contributed by atoms with E-state index in [9.17, 15) is 0 Å². The van der Waals surface area contributed by atoms with Gasteiger partial charge < -0.3 is 10.1 Å². The highest BCUT2D eigenvalue weighted by molar-refractivity contribution is 5.32. The fourth-order valence-electron chi connectivity index (χ4n) is 2.41. The van der Waals surface area contributed by atoms with E-state index in [2.05, 4.69) is 31.2 Å². The summed E-state index contributed by atoms with van der Waals surface area (Å²) in [6.07, 6.45) is 2.63. The molecular weight excluding hydrogens is 214 g/mol. The largest absolute Gasteiger partial charge is 0.485 e. The molecule has 1 unspecified atom stereocenters. The van der Waals surface area contributed by atoms with Crippen molar-refractivity contribution in [2.45, 2.75) is 52.7 Å². The lowest BCUT2D eigenvalue weighted by atomic mass is 10.1. The SMILES string of the molecule is Cc1nn(C(C)C)c(C)c1OC1CCCNC1. The molecule has 0 saturated carbocycles. The van der Waals surface area contributed by atoms with Gasteiger partial charge >= 0.3 is 0 Å². The number of piperidine rings is 1. The van der Waals surface area contributed by atoms with Crippen LogP contribution in [-0.2, 0) is 0 Å². The summed E-state index contributed by atoms with van der Waals surface area (Å²) in [5, 5.41) is 7.92. The zero-order valence-electron chi connectivity index (χ0n) is 11.3. The summed E-state index contributed by atoms with van der Waals surface area (Å²) in [7, 11) is 0. The molecule has 1 aromatic heterocycles. The van der Waals surface area contributed by atoms with Crippen molar-refractivity contribution in [3.05, 3.63) is 11.4 Å². The maximum absolute atomic E-state index is 6.10. The summed E-state index contributed by atoms with van der Waals surface area (Å²) < 4.78 is 8.14. The summed E-state index contributed by atoms with van der Waals surface area (Å²) in [6, 6.07) is 0.385. The fourth-order valence-corrected chi connectivity index (χ4v) is 2.41. The average molecular weight is 237 g/mol. The van der Waals surface area contributed by atoms with Crippen LogP contribution in [0.4, 0.5) is 0 Å². The number of nitrogens with one attached hydrogen (secondary N) is 1. The van der Waals surface area contributed by atoms with Gasteiger partial charge in [-0.1, -0.05) is 0 Å². The van der Waals surface area contributed by atoms with Crippen molar-refractivity contribution in [2.24, 2.45) is 0 Å². The molecule has 1 fully saturated rings. The summed E-state index contributed by atoms with van der Waals surface area (Å²) in [5.41, 5.74) is 2.14. The molecule has 0 aromatic carbocycles. The van der Waals surface area contributed by atoms with E-state index in [1.165, 1.54) is 6.42 Å². The van der Waals surface area contributed by atoms with E-state index < -0.39 is 0 Å². The Labute approximate surface area is 103 Å². The smallest absolute Gasteiger partial charge is 0.163 e. The summed E-state index contributed by atoms with van der Waals surface area (Å²) in [4.78, 5) is 0. The monoisotopic (exact) mass is 237 g/mol. The standard InChI is InChI=1S/C13H23N3O/c1-9(2)16-11(4)13(10(3)15-16)17-12-6-5-7-14-8-12/h9,12,14H,5-8H2,1-4H3. The highest BCUT2D eigenvalue weighted by Crippen LogP contribution is 2.26. The molecule has 1 aliphatic heterocycles. The van der Waals surface area contributed by atoms with Gasteiger partial charge in [-0.2, -0.15) is 5.10 Å². The third-order valence-electron chi connectivity index (χ3n) is 3.28. The molecule has 0 aliphatic carbocycles. The van der Waals surface area contributed by atoms with Crippen LogP contribution in [0.25, 0.3) is 0 Å². The van der Waals surface area contributed by atoms with Crippen LogP contribution in [0.15, 0.2) is 0 Å². The minimum Gasteiger partial charge on any atom is -0.485 e. The topological polar surface area (TPSA) is 39.1 Å². The van der Waals surface area contributed by atoms with Crippen molar-refractivity contribution in [3.63, 3.8) is 0 Å². The summed E-state index contributed by atoms with van der Waals surface area (Å²) in [5.74, 6) is 0.979. The first-order valence-electron chi connectivity index (χ1n) is 6.52. The van der Waals surface area contributed by atoms with Gasteiger partial charge in [-0.3, -0.25) is 4.68 Å². The van der Waals surface area contributed by atoms with E-state index in [-0.39, 0.29) is 0 Å². The minimum atomic E-state index is 0.297. The molecule has 2 rings (SSSR count). The molecule has 1 atom stereocenters. The van der Waals surface area contributed by atoms with Crippen molar-refractivity contribution in [2.75, 3.05) is 13.1 Å². The predicted octanol–water partition coefficient (Wildman–Crippen LogP) is 2.21. The van der Waals surface area contributed by atoms with Gasteiger partial charge in [0.05, 0.1) is 5.69 Å². The lowest BCUT2D eigenvalue weighted by Crippen LogP contribution is -2.37. The molecule has 0 bridgehead atoms. The van der Waals surface area contributed by atoms with Crippen molar-refractivity contribution < 1.29 is 4.74 Å². The van der Waals surface area contributed by atoms with E-state index >= 15 is 0 Å². The van der Waals surface area contributed by atoms with Gasteiger partial charge in [0.2, 0.25) is 0 Å². The van der Waals surface area contributed by atoms with Crippen LogP contribution >= 0.6 is 0 Å². The van der Waals surface area contributed by atoms with Gasteiger partial charge in [0.15, 0.2) is 5.75 Å². The third kappa shape index (κ3) is 2.63. The second kappa shape index (κ2) is 5.08. The van der Waals surface area contributed by atoms with Gasteiger partial charge in [0.1, 0.15) is 11.8 Å². The Morgan fingerprint density at radius 2 is 2.18 bits per heavy atom. The molecule has 0 radical (unpaired) electrons. The Morgan fingerprint density at radius 3 is 2.71 bits per heavy atom. The van der Waals surface area contributed by atoms with Crippen LogP contribution in [0, 0.1) is 13.8 Å². The number of hydrogen-bond acceptors (Lipinski definition) is 3. The van der Waals surface area contributed by atoms with E-state index in [0.29, 0.717) is 12.1 Å². The molecule has 4 nitrogen and oxygen atoms in total. The van der Waals surface area contributed by atoms with Crippen molar-refractivity contribution >= 4 is 0 Å². The van der Waals surface area contributed by atoms with Crippen LogP contribution < -0.4 is 10.1 Å². The maximum atomic E-state index is 6.10. The zero-order chi connectivity index (χ0) is 12.4. The molecular formula is C13H23N3O. The van der Waals surface area contributed by atoms with Crippen molar-refractivity contribution in [1.29, 1.82) is 0 Å². The van der Waals surface area contributed by atoms with Crippen LogP contribution in [0.3, 0.4) is 0 Å². The lowest BCUT2D eigenvalue weighted by molar-refractivity contribution is 0.164. The third-order valence-corrected chi connectivity index (χ3v) is 3.28. The first-order valence-corrected chi connectivity index (χ1v) is 6.52. The molecule has 2 heterocycles. The molecule has 1 aliphatic rings. The van der Waals surface area contributed by atoms with Gasteiger partial charge in [0.25, 0.3) is 0 Å². The number of aromatic nitrogens is 2. The number of hydrogen-bond donors (Lipinski definition) is 1. The minimum absolute atomic E-state index is 0.297. The maximum Gasteiger partial charge on any atom is 0.163 e. The number of aryl methyl sites for hydroxylation is 1. The van der Waals surface area contributed by atoms with Crippen molar-refractivity contribution in [3.8, 4) is 5.75 Å². The number of nitrogens with zero attached hydrogens (tertiary/aromatic N) is 2. The quantitative estimate of drug-likeness (QED) is 0.876. The van der Waals surface area contributed by atoms with E-state index in [4.69, 9.17) is 4.74 Å². The van der Waals surface area contributed by atoms with Gasteiger partial charge in [-0.25, -0.2) is 0 Å². The zero-order valence-corrected chi connectivity index (χ0v) is 11.3. The van der Waals surface area contributed by atoms with Gasteiger partial charge in [-0.15, -0.1) is 0 Å². The Bertz CT molecular complexity index is 378. The lowest BCUT2D eigenvalue weighted by Gasteiger charge is -2.24. The van der Waals surface area contributed by atoms with E-state index in [1.807, 2.05) is 11.6 Å². The molecule has 96 valence electrons. The predicted molar refractivity (Wildman–Crippen MR) is 68.6 cm³/mol. The molecule has 1 N–H and O–H groups in total. The second-order valence-electron chi connectivity index (χ2n) is 5.12. The molecule has 1 aromatic rings. The molecule has 4 heteroatoms. The summed E-state index contributed by atoms with van der Waals surface area (Å²) >= 11 is 0. The van der Waals surface area contributed by atoms with Crippen LogP contribution in [0.5, 0.6) is 5.75 Å². The van der Waals surface area contributed by atoms with Crippen LogP contribution in [0.1, 0.15) is 44.1 Å². The van der Waals surface area contributed by atoms with Gasteiger partial charge in [-0.05, 0) is 47.1 Å². The highest BCUT2D eigenvalue weighted by Gasteiger charge is 2.20. The Balaban J connectivity index is 2.14. The second-order valence-corrected chi connectivity index (χ2v) is 5.12. The van der Waals surface area contributed by atoms with E-state index in [1.54, 1.807) is 0 Å². The number of ether oxygens (including phenoxy) is 1. The van der Waals surface area contributed by atoms with Crippen molar-refractivity contribution in [1.82, 2.24) is 15.1 Å². The highest BCUT2D eigenvalue weighted by atomic mass is 16.5. The summed E-state index contributed by atoms with van der Waals surface area (Å²) in [6.45, 7) is 10.5. The Hall–Kier alpha value is -1.03.